The van der Waals surface area contributed by atoms with E-state index in [1.54, 1.807) is 11.1 Å². The summed E-state index contributed by atoms with van der Waals surface area (Å²) in [6, 6.07) is 5.77. The third-order valence-electron chi connectivity index (χ3n) is 4.78. The summed E-state index contributed by atoms with van der Waals surface area (Å²) in [7, 11) is 0. The molecule has 2 amide bonds. The first-order chi connectivity index (χ1) is 12.2. The number of benzene rings is 1. The highest BCUT2D eigenvalue weighted by Crippen LogP contribution is 2.26. The van der Waals surface area contributed by atoms with Gasteiger partial charge in [0.05, 0.1) is 12.8 Å². The van der Waals surface area contributed by atoms with Crippen LogP contribution in [0.25, 0.3) is 11.5 Å². The molecule has 1 aliphatic rings. The molecule has 0 spiro atoms. The van der Waals surface area contributed by atoms with E-state index in [-0.39, 0.29) is 18.7 Å². The highest BCUT2D eigenvalue weighted by molar-refractivity contribution is 5.91. The molecule has 1 fully saturated rings. The molecule has 3 rings (SSSR count). The van der Waals surface area contributed by atoms with Crippen molar-refractivity contribution in [3.8, 4) is 11.5 Å². The number of anilines is 1. The Kier molecular flexibility index (Phi) is 5.71. The van der Waals surface area contributed by atoms with Crippen LogP contribution in [0.5, 0.6) is 0 Å². The summed E-state index contributed by atoms with van der Waals surface area (Å²) < 4.78 is 5.33. The Bertz CT molecular complexity index is 694. The van der Waals surface area contributed by atoms with Crippen molar-refractivity contribution in [1.82, 2.24) is 9.88 Å². The van der Waals surface area contributed by atoms with Crippen LogP contribution in [-0.4, -0.2) is 40.2 Å². The van der Waals surface area contributed by atoms with Crippen LogP contribution in [0.4, 0.5) is 10.5 Å². The molecule has 6 nitrogen and oxygen atoms in total. The van der Waals surface area contributed by atoms with Gasteiger partial charge in [0.2, 0.25) is 5.89 Å². The van der Waals surface area contributed by atoms with E-state index in [1.807, 2.05) is 25.1 Å². The molecule has 25 heavy (non-hydrogen) atoms. The van der Waals surface area contributed by atoms with E-state index in [0.717, 1.165) is 42.5 Å². The molecule has 0 radical (unpaired) electrons. The number of urea groups is 1. The van der Waals surface area contributed by atoms with Gasteiger partial charge in [-0.05, 0) is 37.5 Å². The number of aromatic nitrogens is 1. The van der Waals surface area contributed by atoms with Gasteiger partial charge in [-0.3, -0.25) is 0 Å². The first-order valence-electron chi connectivity index (χ1n) is 8.88. The lowest BCUT2D eigenvalue weighted by atomic mass is 9.94. The minimum Gasteiger partial charge on any atom is -0.445 e. The van der Waals surface area contributed by atoms with Crippen molar-refractivity contribution in [3.05, 3.63) is 36.2 Å². The van der Waals surface area contributed by atoms with Crippen molar-refractivity contribution in [3.63, 3.8) is 0 Å². The number of aryl methyl sites for hydroxylation is 1. The maximum atomic E-state index is 12.8. The number of nitrogens with one attached hydrogen (secondary N) is 1. The Hall–Kier alpha value is -2.34. The molecule has 1 heterocycles. The van der Waals surface area contributed by atoms with Gasteiger partial charge >= 0.3 is 6.03 Å². The van der Waals surface area contributed by atoms with Gasteiger partial charge in [-0.2, -0.15) is 0 Å². The van der Waals surface area contributed by atoms with Gasteiger partial charge in [0.1, 0.15) is 6.26 Å². The summed E-state index contributed by atoms with van der Waals surface area (Å²) in [4.78, 5) is 18.7. The van der Waals surface area contributed by atoms with E-state index >= 15 is 0 Å². The van der Waals surface area contributed by atoms with E-state index in [9.17, 15) is 9.90 Å². The maximum absolute atomic E-state index is 12.8. The highest BCUT2D eigenvalue weighted by atomic mass is 16.3. The zero-order chi connectivity index (χ0) is 17.6. The van der Waals surface area contributed by atoms with Crippen LogP contribution in [0.15, 0.2) is 35.1 Å². The minimum atomic E-state index is -0.159. The normalized spacial score (nSPS) is 15.1. The number of nitrogens with zero attached hydrogens (tertiary/aromatic N) is 2. The van der Waals surface area contributed by atoms with Gasteiger partial charge in [-0.15, -0.1) is 0 Å². The number of carbonyl (C=O) groups is 1. The molecule has 0 atom stereocenters. The average molecular weight is 343 g/mol. The molecule has 0 unspecified atom stereocenters. The second-order valence-electron chi connectivity index (χ2n) is 6.51. The van der Waals surface area contributed by atoms with Gasteiger partial charge in [-0.1, -0.05) is 25.3 Å². The first kappa shape index (κ1) is 17.5. The fourth-order valence-electron chi connectivity index (χ4n) is 3.39. The van der Waals surface area contributed by atoms with Crippen LogP contribution < -0.4 is 5.32 Å². The van der Waals surface area contributed by atoms with E-state index in [2.05, 4.69) is 10.3 Å². The highest BCUT2D eigenvalue weighted by Gasteiger charge is 2.25. The van der Waals surface area contributed by atoms with Crippen LogP contribution in [0.2, 0.25) is 0 Å². The first-order valence-corrected chi connectivity index (χ1v) is 8.88. The quantitative estimate of drug-likeness (QED) is 0.865. The van der Waals surface area contributed by atoms with Crippen molar-refractivity contribution in [1.29, 1.82) is 0 Å². The van der Waals surface area contributed by atoms with Gasteiger partial charge in [0.25, 0.3) is 0 Å². The summed E-state index contributed by atoms with van der Waals surface area (Å²) >= 11 is 0. The second kappa shape index (κ2) is 8.16. The Morgan fingerprint density at radius 2 is 2.16 bits per heavy atom. The van der Waals surface area contributed by atoms with E-state index < -0.39 is 0 Å². The van der Waals surface area contributed by atoms with Crippen molar-refractivity contribution in [2.24, 2.45) is 0 Å². The largest absolute Gasteiger partial charge is 0.445 e. The molecule has 2 N–H and O–H groups in total. The molecular weight excluding hydrogens is 318 g/mol. The maximum Gasteiger partial charge on any atom is 0.322 e. The van der Waals surface area contributed by atoms with Crippen LogP contribution >= 0.6 is 0 Å². The number of carbonyl (C=O) groups excluding carboxylic acids is 1. The standard InChI is InChI=1S/C19H25N3O3/c1-14-7-8-15(18-20-9-12-25-18)13-17(14)21-19(24)22(10-11-23)16-5-3-2-4-6-16/h7-9,12-13,16,23H,2-6,10-11H2,1H3,(H,21,24). The number of rotatable bonds is 5. The lowest BCUT2D eigenvalue weighted by Gasteiger charge is -2.34. The van der Waals surface area contributed by atoms with Crippen molar-refractivity contribution in [2.75, 3.05) is 18.5 Å². The molecule has 1 aromatic heterocycles. The Morgan fingerprint density at radius 3 is 2.84 bits per heavy atom. The zero-order valence-electron chi connectivity index (χ0n) is 14.6. The molecule has 1 aromatic carbocycles. The third-order valence-corrected chi connectivity index (χ3v) is 4.78. The van der Waals surface area contributed by atoms with Crippen molar-refractivity contribution < 1.29 is 14.3 Å². The second-order valence-corrected chi connectivity index (χ2v) is 6.51. The van der Waals surface area contributed by atoms with E-state index in [1.165, 1.54) is 12.7 Å². The summed E-state index contributed by atoms with van der Waals surface area (Å²) in [6.45, 7) is 2.28. The van der Waals surface area contributed by atoms with Gasteiger partial charge < -0.3 is 19.7 Å². The molecule has 0 bridgehead atoms. The van der Waals surface area contributed by atoms with Crippen LogP contribution in [0.3, 0.4) is 0 Å². The van der Waals surface area contributed by atoms with Gasteiger partial charge in [0, 0.05) is 23.8 Å². The van der Waals surface area contributed by atoms with Crippen LogP contribution in [-0.2, 0) is 0 Å². The number of aliphatic hydroxyl groups is 1. The zero-order valence-corrected chi connectivity index (χ0v) is 14.6. The topological polar surface area (TPSA) is 78.6 Å². The Balaban J connectivity index is 1.77. The Labute approximate surface area is 147 Å². The smallest absolute Gasteiger partial charge is 0.322 e. The van der Waals surface area contributed by atoms with Crippen molar-refractivity contribution in [2.45, 2.75) is 45.1 Å². The predicted molar refractivity (Wildman–Crippen MR) is 96.4 cm³/mol. The summed E-state index contributed by atoms with van der Waals surface area (Å²) in [5.74, 6) is 0.523. The summed E-state index contributed by atoms with van der Waals surface area (Å²) in [5.41, 5.74) is 2.52. The fourth-order valence-corrected chi connectivity index (χ4v) is 3.39. The summed E-state index contributed by atoms with van der Waals surface area (Å²) in [5, 5.41) is 12.4. The number of oxazole rings is 1. The third kappa shape index (κ3) is 4.20. The number of amides is 2. The molecular formula is C19H25N3O3. The number of hydrogen-bond donors (Lipinski definition) is 2. The van der Waals surface area contributed by atoms with Gasteiger partial charge in [-0.25, -0.2) is 9.78 Å². The number of hydrogen-bond acceptors (Lipinski definition) is 4. The minimum absolute atomic E-state index is 0.0285. The van der Waals surface area contributed by atoms with Crippen LogP contribution in [0.1, 0.15) is 37.7 Å². The molecule has 6 heteroatoms. The Morgan fingerprint density at radius 1 is 1.36 bits per heavy atom. The van der Waals surface area contributed by atoms with E-state index in [4.69, 9.17) is 4.42 Å². The SMILES string of the molecule is Cc1ccc(-c2ncco2)cc1NC(=O)N(CCO)C1CCCCC1. The number of aliphatic hydroxyl groups excluding tert-OH is 1. The average Bonchev–Trinajstić information content (AvgIpc) is 3.17. The molecule has 1 saturated carbocycles. The van der Waals surface area contributed by atoms with Crippen LogP contribution in [0, 0.1) is 6.92 Å². The molecule has 134 valence electrons. The molecule has 1 aliphatic carbocycles. The monoisotopic (exact) mass is 343 g/mol. The molecule has 2 aromatic rings. The van der Waals surface area contributed by atoms with Gasteiger partial charge in [0.15, 0.2) is 0 Å². The van der Waals surface area contributed by atoms with E-state index in [0.29, 0.717) is 12.4 Å². The lowest BCUT2D eigenvalue weighted by molar-refractivity contribution is 0.144. The lowest BCUT2D eigenvalue weighted by Crippen LogP contribution is -2.45. The predicted octanol–water partition coefficient (Wildman–Crippen LogP) is 3.81. The fraction of sp³-hybridized carbons (Fsp3) is 0.474. The van der Waals surface area contributed by atoms with Crippen molar-refractivity contribution >= 4 is 11.7 Å². The molecule has 0 aliphatic heterocycles. The molecule has 0 saturated heterocycles. The summed E-state index contributed by atoms with van der Waals surface area (Å²) in [6.07, 6.45) is 8.63.